The Morgan fingerprint density at radius 3 is 2.23 bits per heavy atom. The second-order valence-electron chi connectivity index (χ2n) is 11.9. The molecule has 8 nitrogen and oxygen atoms in total. The first-order valence-corrected chi connectivity index (χ1v) is 16.9. The predicted octanol–water partition coefficient (Wildman–Crippen LogP) is 8.24. The summed E-state index contributed by atoms with van der Waals surface area (Å²) in [6.07, 6.45) is 16.1. The summed E-state index contributed by atoms with van der Waals surface area (Å²) in [7, 11) is 0. The molecule has 0 saturated heterocycles. The molecule has 0 bridgehead atoms. The third kappa shape index (κ3) is 16.9. The number of unbranched alkanes of at least 4 members (excludes halogenated alkanes) is 6. The van der Waals surface area contributed by atoms with Crippen LogP contribution in [-0.4, -0.2) is 62.1 Å². The lowest BCUT2D eigenvalue weighted by Crippen LogP contribution is -2.41. The van der Waals surface area contributed by atoms with Crippen LogP contribution >= 0.6 is 0 Å². The number of carbonyl (C=O) groups is 2. The molecule has 0 radical (unpaired) electrons. The Morgan fingerprint density at radius 1 is 0.955 bits per heavy atom. The average molecular weight is 623 g/mol. The lowest BCUT2D eigenvalue weighted by atomic mass is 9.89. The Kier molecular flexibility index (Phi) is 21.2. The molecule has 1 heterocycles. The topological polar surface area (TPSA) is 89.5 Å². The fourth-order valence-corrected chi connectivity index (χ4v) is 5.46. The van der Waals surface area contributed by atoms with E-state index in [0.717, 1.165) is 12.0 Å². The molecule has 0 fully saturated rings. The summed E-state index contributed by atoms with van der Waals surface area (Å²) in [5.74, 6) is -1.16. The van der Waals surface area contributed by atoms with E-state index >= 15 is 0 Å². The van der Waals surface area contributed by atoms with E-state index in [-0.39, 0.29) is 30.2 Å². The first-order chi connectivity index (χ1) is 21.0. The molecule has 8 atom stereocenters. The number of ether oxygens (including phenoxy) is 6. The minimum atomic E-state index is -0.559. The van der Waals surface area contributed by atoms with Crippen LogP contribution in [0, 0.1) is 11.8 Å². The molecular formula is C36H62O8. The van der Waals surface area contributed by atoms with E-state index in [9.17, 15) is 9.59 Å². The van der Waals surface area contributed by atoms with Gasteiger partial charge in [0.1, 0.15) is 12.2 Å². The minimum absolute atomic E-state index is 0.0271. The highest BCUT2D eigenvalue weighted by molar-refractivity contribution is 5.70. The molecule has 0 aromatic rings. The fraction of sp³-hybridized carbons (Fsp3) is 0.778. The van der Waals surface area contributed by atoms with Crippen molar-refractivity contribution in [1.29, 1.82) is 0 Å². The number of hydrogen-bond acceptors (Lipinski definition) is 8. The Balaban J connectivity index is 3.29. The van der Waals surface area contributed by atoms with E-state index in [1.807, 2.05) is 66.7 Å². The van der Waals surface area contributed by atoms with Crippen molar-refractivity contribution in [3.05, 3.63) is 36.0 Å². The molecule has 44 heavy (non-hydrogen) atoms. The van der Waals surface area contributed by atoms with E-state index in [2.05, 4.69) is 19.1 Å². The van der Waals surface area contributed by atoms with Crippen LogP contribution in [0.25, 0.3) is 0 Å². The van der Waals surface area contributed by atoms with E-state index in [0.29, 0.717) is 19.6 Å². The van der Waals surface area contributed by atoms with Crippen molar-refractivity contribution in [3.63, 3.8) is 0 Å². The quantitative estimate of drug-likeness (QED) is 0.0496. The zero-order valence-electron chi connectivity index (χ0n) is 29.0. The van der Waals surface area contributed by atoms with Crippen LogP contribution in [0.4, 0.5) is 0 Å². The highest BCUT2D eigenvalue weighted by atomic mass is 16.7. The van der Waals surface area contributed by atoms with Crippen molar-refractivity contribution in [2.24, 2.45) is 11.8 Å². The summed E-state index contributed by atoms with van der Waals surface area (Å²) < 4.78 is 35.7. The SMILES string of the molecule is CCCCCCCCC=CC=C(C)C1OC(=O)CC(OC(C)OCC)CC(OC(C)OCC)C(C)C(OC(C)=O)C=CC1C. The number of hydrogen-bond donors (Lipinski definition) is 0. The monoisotopic (exact) mass is 622 g/mol. The molecule has 8 heteroatoms. The highest BCUT2D eigenvalue weighted by Gasteiger charge is 2.34. The van der Waals surface area contributed by atoms with Crippen LogP contribution in [0.3, 0.4) is 0 Å². The number of carbonyl (C=O) groups excluding carboxylic acids is 2. The molecule has 1 aliphatic rings. The first-order valence-electron chi connectivity index (χ1n) is 16.9. The smallest absolute Gasteiger partial charge is 0.309 e. The van der Waals surface area contributed by atoms with Gasteiger partial charge in [0.25, 0.3) is 0 Å². The molecule has 0 saturated carbocycles. The summed E-state index contributed by atoms with van der Waals surface area (Å²) >= 11 is 0. The molecule has 0 aromatic carbocycles. The molecule has 1 rings (SSSR count). The van der Waals surface area contributed by atoms with Gasteiger partial charge >= 0.3 is 11.9 Å². The standard InChI is InChI=1S/C36H62O8/c1-10-13-14-15-16-17-18-19-20-21-26(4)36-27(5)22-23-33(41-29(7)37)28(6)34(43-31(9)40-12-3)24-32(25-35(38)44-36)42-30(8)39-11-2/h19-23,27-28,30-34,36H,10-18,24-25H2,1-9H3. The van der Waals surface area contributed by atoms with Crippen LogP contribution in [0.5, 0.6) is 0 Å². The van der Waals surface area contributed by atoms with Gasteiger partial charge in [-0.05, 0) is 59.1 Å². The fourth-order valence-electron chi connectivity index (χ4n) is 5.46. The van der Waals surface area contributed by atoms with E-state index in [4.69, 9.17) is 28.4 Å². The molecule has 0 aromatic heterocycles. The van der Waals surface area contributed by atoms with Crippen LogP contribution in [-0.2, 0) is 38.0 Å². The van der Waals surface area contributed by atoms with Crippen LogP contribution in [0.15, 0.2) is 36.0 Å². The lowest BCUT2D eigenvalue weighted by molar-refractivity contribution is -0.205. The molecule has 0 amide bonds. The number of allylic oxidation sites excluding steroid dienone is 3. The van der Waals surface area contributed by atoms with Gasteiger partial charge in [-0.1, -0.05) is 77.2 Å². The minimum Gasteiger partial charge on any atom is -0.458 e. The number of esters is 2. The van der Waals surface area contributed by atoms with Crippen molar-refractivity contribution in [1.82, 2.24) is 0 Å². The summed E-state index contributed by atoms with van der Waals surface area (Å²) in [5.41, 5.74) is 0.941. The van der Waals surface area contributed by atoms with Crippen LogP contribution in [0.1, 0.15) is 120 Å². The lowest BCUT2D eigenvalue weighted by Gasteiger charge is -2.35. The van der Waals surface area contributed by atoms with Gasteiger partial charge in [-0.2, -0.15) is 0 Å². The van der Waals surface area contributed by atoms with Gasteiger partial charge in [-0.25, -0.2) is 0 Å². The van der Waals surface area contributed by atoms with Gasteiger partial charge in [0.2, 0.25) is 0 Å². The maximum atomic E-state index is 13.4. The molecule has 1 aliphatic heterocycles. The predicted molar refractivity (Wildman–Crippen MR) is 175 cm³/mol. The second-order valence-corrected chi connectivity index (χ2v) is 11.9. The molecule has 0 spiro atoms. The molecular weight excluding hydrogens is 560 g/mol. The number of rotatable bonds is 18. The van der Waals surface area contributed by atoms with E-state index in [1.165, 1.54) is 45.4 Å². The zero-order chi connectivity index (χ0) is 32.9. The third-order valence-electron chi connectivity index (χ3n) is 7.86. The van der Waals surface area contributed by atoms with Gasteiger partial charge in [0.05, 0.1) is 18.6 Å². The van der Waals surface area contributed by atoms with Crippen molar-refractivity contribution in [2.75, 3.05) is 13.2 Å². The summed E-state index contributed by atoms with van der Waals surface area (Å²) in [6, 6.07) is 0. The molecule has 0 N–H and O–H groups in total. The van der Waals surface area contributed by atoms with Crippen molar-refractivity contribution < 1.29 is 38.0 Å². The van der Waals surface area contributed by atoms with Gasteiger partial charge in [-0.3, -0.25) is 9.59 Å². The third-order valence-corrected chi connectivity index (χ3v) is 7.86. The Labute approximate surface area is 267 Å². The van der Waals surface area contributed by atoms with E-state index in [1.54, 1.807) is 0 Å². The Hall–Kier alpha value is -2.00. The van der Waals surface area contributed by atoms with Gasteiger partial charge in [-0.15, -0.1) is 0 Å². The largest absolute Gasteiger partial charge is 0.458 e. The maximum Gasteiger partial charge on any atom is 0.309 e. The van der Waals surface area contributed by atoms with Crippen molar-refractivity contribution in [2.45, 2.75) is 157 Å². The molecule has 8 unspecified atom stereocenters. The maximum absolute atomic E-state index is 13.4. The molecule has 0 aliphatic carbocycles. The van der Waals surface area contributed by atoms with Crippen molar-refractivity contribution >= 4 is 11.9 Å². The van der Waals surface area contributed by atoms with Crippen molar-refractivity contribution in [3.8, 4) is 0 Å². The summed E-state index contributed by atoms with van der Waals surface area (Å²) in [5, 5.41) is 0. The first kappa shape index (κ1) is 40.0. The van der Waals surface area contributed by atoms with Gasteiger partial charge in [0, 0.05) is 38.4 Å². The summed E-state index contributed by atoms with van der Waals surface area (Å²) in [4.78, 5) is 25.6. The van der Waals surface area contributed by atoms with E-state index < -0.39 is 37.0 Å². The van der Waals surface area contributed by atoms with Crippen LogP contribution in [0.2, 0.25) is 0 Å². The molecule has 254 valence electrons. The highest BCUT2D eigenvalue weighted by Crippen LogP contribution is 2.28. The normalized spacial score (nSPS) is 26.9. The van der Waals surface area contributed by atoms with Gasteiger partial charge in [0.15, 0.2) is 12.6 Å². The average Bonchev–Trinajstić information content (AvgIpc) is 2.95. The van der Waals surface area contributed by atoms with Gasteiger partial charge < -0.3 is 28.4 Å². The zero-order valence-corrected chi connectivity index (χ0v) is 29.0. The second kappa shape index (κ2) is 23.4. The van der Waals surface area contributed by atoms with Crippen LogP contribution < -0.4 is 0 Å². The summed E-state index contributed by atoms with van der Waals surface area (Å²) in [6.45, 7) is 18.0. The Morgan fingerprint density at radius 2 is 1.59 bits per heavy atom. The number of cyclic esters (lactones) is 1. The Bertz CT molecular complexity index is 881.